The topological polar surface area (TPSA) is 70.2 Å². The number of thiophene rings is 1. The van der Waals surface area contributed by atoms with Crippen molar-refractivity contribution in [1.82, 2.24) is 20.2 Å². The van der Waals surface area contributed by atoms with E-state index in [0.717, 1.165) is 16.0 Å². The number of hydrogen-bond donors (Lipinski definition) is 2. The molecule has 2 aromatic heterocycles. The molecule has 2 heterocycles. The number of fused-ring (bicyclic) bond motifs is 1. The van der Waals surface area contributed by atoms with Crippen LogP contribution in [0.15, 0.2) is 11.4 Å². The molecule has 0 atom stereocenters. The first-order valence-electron chi connectivity index (χ1n) is 6.89. The van der Waals surface area contributed by atoms with E-state index in [4.69, 9.17) is 0 Å². The summed E-state index contributed by atoms with van der Waals surface area (Å²) in [7, 11) is 3.74. The van der Waals surface area contributed by atoms with Crippen LogP contribution in [0, 0.1) is 0 Å². The molecule has 0 spiro atoms. The van der Waals surface area contributed by atoms with E-state index in [0.29, 0.717) is 18.9 Å². The number of amides is 1. The molecule has 2 rings (SSSR count). The molecule has 0 aliphatic carbocycles. The lowest BCUT2D eigenvalue weighted by molar-refractivity contribution is -0.122. The summed E-state index contributed by atoms with van der Waals surface area (Å²) < 4.78 is 0. The number of nitrogens with one attached hydrogen (secondary N) is 2. The summed E-state index contributed by atoms with van der Waals surface area (Å²) >= 11 is 1.59. The monoisotopic (exact) mass is 307 g/mol. The van der Waals surface area contributed by atoms with Gasteiger partial charge in [0.2, 0.25) is 5.91 Å². The lowest BCUT2D eigenvalue weighted by atomic mass is 10.3. The van der Waals surface area contributed by atoms with Crippen LogP contribution in [0.1, 0.15) is 19.7 Å². The van der Waals surface area contributed by atoms with Crippen molar-refractivity contribution in [3.8, 4) is 0 Å². The van der Waals surface area contributed by atoms with Crippen molar-refractivity contribution >= 4 is 33.3 Å². The summed E-state index contributed by atoms with van der Waals surface area (Å²) in [4.78, 5) is 23.7. The highest BCUT2D eigenvalue weighted by atomic mass is 32.1. The molecule has 0 saturated carbocycles. The highest BCUT2D eigenvalue weighted by Crippen LogP contribution is 2.24. The van der Waals surface area contributed by atoms with Gasteiger partial charge in [0.15, 0.2) is 0 Å². The van der Waals surface area contributed by atoms with Gasteiger partial charge in [-0.1, -0.05) is 0 Å². The minimum atomic E-state index is 0.0125. The van der Waals surface area contributed by atoms with Gasteiger partial charge in [0, 0.05) is 13.1 Å². The Morgan fingerprint density at radius 2 is 2.19 bits per heavy atom. The summed E-state index contributed by atoms with van der Waals surface area (Å²) in [5.74, 6) is 1.56. The second kappa shape index (κ2) is 6.82. The summed E-state index contributed by atoms with van der Waals surface area (Å²) in [6.45, 7) is 4.77. The summed E-state index contributed by atoms with van der Waals surface area (Å²) in [5.41, 5.74) is 0. The van der Waals surface area contributed by atoms with Gasteiger partial charge in [-0.3, -0.25) is 9.69 Å². The summed E-state index contributed by atoms with van der Waals surface area (Å²) in [5, 5.41) is 9.01. The number of anilines is 1. The third-order valence-corrected chi connectivity index (χ3v) is 3.69. The Bertz CT molecular complexity index is 625. The molecule has 0 saturated heterocycles. The van der Waals surface area contributed by atoms with Gasteiger partial charge in [-0.25, -0.2) is 9.97 Å². The Balaban J connectivity index is 2.06. The van der Waals surface area contributed by atoms with Crippen LogP contribution in [0.25, 0.3) is 10.2 Å². The van der Waals surface area contributed by atoms with Gasteiger partial charge in [-0.2, -0.15) is 0 Å². The second-order valence-corrected chi connectivity index (χ2v) is 6.17. The molecule has 0 fully saturated rings. The molecule has 7 heteroatoms. The first-order chi connectivity index (χ1) is 9.99. The van der Waals surface area contributed by atoms with E-state index >= 15 is 0 Å². The number of rotatable bonds is 6. The zero-order chi connectivity index (χ0) is 15.4. The van der Waals surface area contributed by atoms with Crippen LogP contribution < -0.4 is 10.6 Å². The van der Waals surface area contributed by atoms with Gasteiger partial charge in [0.1, 0.15) is 16.5 Å². The fourth-order valence-corrected chi connectivity index (χ4v) is 2.85. The van der Waals surface area contributed by atoms with Crippen molar-refractivity contribution in [2.45, 2.75) is 26.4 Å². The van der Waals surface area contributed by atoms with Crippen molar-refractivity contribution < 1.29 is 4.79 Å². The number of nitrogens with zero attached hydrogens (tertiary/aromatic N) is 3. The largest absolute Gasteiger partial charge is 0.372 e. The van der Waals surface area contributed by atoms with E-state index in [1.54, 1.807) is 11.3 Å². The Morgan fingerprint density at radius 3 is 2.86 bits per heavy atom. The van der Waals surface area contributed by atoms with Crippen LogP contribution in [0.3, 0.4) is 0 Å². The summed E-state index contributed by atoms with van der Waals surface area (Å²) in [6, 6.07) is 2.16. The second-order valence-electron chi connectivity index (χ2n) is 5.27. The summed E-state index contributed by atoms with van der Waals surface area (Å²) in [6.07, 6.45) is 0. The van der Waals surface area contributed by atoms with Gasteiger partial charge in [0.05, 0.1) is 18.5 Å². The van der Waals surface area contributed by atoms with E-state index in [9.17, 15) is 4.79 Å². The first-order valence-corrected chi connectivity index (χ1v) is 7.77. The average Bonchev–Trinajstić information content (AvgIpc) is 2.84. The minimum absolute atomic E-state index is 0.0125. The van der Waals surface area contributed by atoms with E-state index in [2.05, 4.69) is 20.6 Å². The molecule has 6 nitrogen and oxygen atoms in total. The van der Waals surface area contributed by atoms with Crippen LogP contribution in [-0.2, 0) is 11.3 Å². The van der Waals surface area contributed by atoms with Crippen molar-refractivity contribution in [1.29, 1.82) is 0 Å². The highest BCUT2D eigenvalue weighted by molar-refractivity contribution is 7.16. The quantitative estimate of drug-likeness (QED) is 0.850. The molecular formula is C14H21N5OS. The smallest absolute Gasteiger partial charge is 0.234 e. The van der Waals surface area contributed by atoms with E-state index in [1.807, 2.05) is 44.3 Å². The Labute approximate surface area is 128 Å². The molecule has 0 bridgehead atoms. The molecule has 0 radical (unpaired) electrons. The number of carbonyl (C=O) groups excluding carboxylic acids is 1. The molecule has 21 heavy (non-hydrogen) atoms. The maximum absolute atomic E-state index is 11.7. The number of hydrogen-bond acceptors (Lipinski definition) is 6. The number of aromatic nitrogens is 2. The molecule has 0 unspecified atom stereocenters. The standard InChI is InChI=1S/C14H21N5OS/c1-9(2)16-12(20)8-19(4)7-11-17-13(15-3)10-5-6-21-14(10)18-11/h5-6,9H,7-8H2,1-4H3,(H,16,20)(H,15,17,18). The SMILES string of the molecule is CNc1nc(CN(C)CC(=O)NC(C)C)nc2sccc12. The minimum Gasteiger partial charge on any atom is -0.372 e. The molecule has 2 N–H and O–H groups in total. The highest BCUT2D eigenvalue weighted by Gasteiger charge is 2.12. The van der Waals surface area contributed by atoms with Crippen molar-refractivity contribution in [2.75, 3.05) is 26.0 Å². The predicted octanol–water partition coefficient (Wildman–Crippen LogP) is 1.69. The fourth-order valence-electron chi connectivity index (χ4n) is 2.07. The predicted molar refractivity (Wildman–Crippen MR) is 86.6 cm³/mol. The van der Waals surface area contributed by atoms with Crippen LogP contribution in [-0.4, -0.2) is 47.5 Å². The molecule has 114 valence electrons. The van der Waals surface area contributed by atoms with Gasteiger partial charge in [0.25, 0.3) is 0 Å². The maximum atomic E-state index is 11.7. The third-order valence-electron chi connectivity index (χ3n) is 2.88. The zero-order valence-electron chi connectivity index (χ0n) is 12.8. The molecule has 2 aromatic rings. The lowest BCUT2D eigenvalue weighted by Crippen LogP contribution is -2.38. The Hall–Kier alpha value is -1.73. The van der Waals surface area contributed by atoms with Crippen LogP contribution in [0.4, 0.5) is 5.82 Å². The first kappa shape index (κ1) is 15.7. The van der Waals surface area contributed by atoms with Gasteiger partial charge in [-0.15, -0.1) is 11.3 Å². The molecule has 0 aliphatic heterocycles. The molecular weight excluding hydrogens is 286 g/mol. The average molecular weight is 307 g/mol. The zero-order valence-corrected chi connectivity index (χ0v) is 13.6. The molecule has 1 amide bonds. The van der Waals surface area contributed by atoms with Gasteiger partial charge in [-0.05, 0) is 32.3 Å². The van der Waals surface area contributed by atoms with Crippen molar-refractivity contribution in [2.24, 2.45) is 0 Å². The number of carbonyl (C=O) groups is 1. The van der Waals surface area contributed by atoms with E-state index in [1.165, 1.54) is 0 Å². The van der Waals surface area contributed by atoms with E-state index < -0.39 is 0 Å². The van der Waals surface area contributed by atoms with Crippen LogP contribution in [0.2, 0.25) is 0 Å². The van der Waals surface area contributed by atoms with Crippen LogP contribution in [0.5, 0.6) is 0 Å². The number of likely N-dealkylation sites (N-methyl/N-ethyl adjacent to an activating group) is 1. The van der Waals surface area contributed by atoms with Crippen molar-refractivity contribution in [3.63, 3.8) is 0 Å². The Morgan fingerprint density at radius 1 is 1.43 bits per heavy atom. The fraction of sp³-hybridized carbons (Fsp3) is 0.500. The lowest BCUT2D eigenvalue weighted by Gasteiger charge is -2.17. The normalized spacial score (nSPS) is 11.3. The third kappa shape index (κ3) is 4.12. The Kier molecular flexibility index (Phi) is 5.08. The van der Waals surface area contributed by atoms with Crippen LogP contribution >= 0.6 is 11.3 Å². The van der Waals surface area contributed by atoms with E-state index in [-0.39, 0.29) is 11.9 Å². The van der Waals surface area contributed by atoms with Gasteiger partial charge < -0.3 is 10.6 Å². The maximum Gasteiger partial charge on any atom is 0.234 e. The van der Waals surface area contributed by atoms with Gasteiger partial charge >= 0.3 is 0 Å². The van der Waals surface area contributed by atoms with Crippen molar-refractivity contribution in [3.05, 3.63) is 17.3 Å². The molecule has 0 aromatic carbocycles. The molecule has 0 aliphatic rings.